The van der Waals surface area contributed by atoms with E-state index in [1.54, 1.807) is 0 Å². The molecule has 6 nitrogen and oxygen atoms in total. The lowest BCUT2D eigenvalue weighted by Gasteiger charge is -2.36. The van der Waals surface area contributed by atoms with Crippen LogP contribution in [0.4, 0.5) is 5.82 Å². The lowest BCUT2D eigenvalue weighted by molar-refractivity contribution is -0.125. The van der Waals surface area contributed by atoms with Crippen LogP contribution in [0.2, 0.25) is 5.15 Å². The van der Waals surface area contributed by atoms with E-state index in [-0.39, 0.29) is 11.9 Å². The molecule has 0 radical (unpaired) electrons. The van der Waals surface area contributed by atoms with Crippen molar-refractivity contribution in [3.63, 3.8) is 0 Å². The average molecular weight is 299 g/mol. The van der Waals surface area contributed by atoms with Crippen LogP contribution in [0.5, 0.6) is 0 Å². The summed E-state index contributed by atoms with van der Waals surface area (Å²) in [6.07, 6.45) is 1.41. The van der Waals surface area contributed by atoms with Crippen LogP contribution < -0.4 is 10.2 Å². The highest BCUT2D eigenvalue weighted by Crippen LogP contribution is 2.25. The quantitative estimate of drug-likeness (QED) is 0.849. The highest BCUT2D eigenvalue weighted by Gasteiger charge is 2.31. The Morgan fingerprint density at radius 3 is 3.00 bits per heavy atom. The van der Waals surface area contributed by atoms with Gasteiger partial charge in [-0.05, 0) is 20.8 Å². The maximum atomic E-state index is 12.3. The normalized spacial score (nSPS) is 19.2. The van der Waals surface area contributed by atoms with Gasteiger partial charge in [-0.1, -0.05) is 11.6 Å². The van der Waals surface area contributed by atoms with Crippen molar-refractivity contribution in [2.45, 2.75) is 32.9 Å². The third-order valence-corrected chi connectivity index (χ3v) is 3.51. The molecule has 1 amide bonds. The maximum absolute atomic E-state index is 12.3. The van der Waals surface area contributed by atoms with E-state index in [1.165, 1.54) is 6.33 Å². The van der Waals surface area contributed by atoms with Gasteiger partial charge in [0, 0.05) is 18.2 Å². The molecule has 1 unspecified atom stereocenters. The third kappa shape index (κ3) is 3.19. The average Bonchev–Trinajstić information content (AvgIpc) is 2.41. The van der Waals surface area contributed by atoms with Gasteiger partial charge in [0.15, 0.2) is 0 Å². The Kier molecular flexibility index (Phi) is 4.77. The second kappa shape index (κ2) is 6.37. The van der Waals surface area contributed by atoms with Gasteiger partial charge in [-0.2, -0.15) is 0 Å². The zero-order chi connectivity index (χ0) is 14.7. The number of hydrogen-bond donors (Lipinski definition) is 1. The minimum Gasteiger partial charge on any atom is -0.377 e. The Labute approximate surface area is 123 Å². The van der Waals surface area contributed by atoms with Crippen molar-refractivity contribution in [3.8, 4) is 0 Å². The minimum atomic E-state index is -0.393. The molecule has 0 aromatic carbocycles. The van der Waals surface area contributed by atoms with Gasteiger partial charge in [-0.3, -0.25) is 4.79 Å². The number of aromatic nitrogens is 2. The first-order chi connectivity index (χ1) is 9.50. The van der Waals surface area contributed by atoms with Crippen LogP contribution in [0.25, 0.3) is 0 Å². The number of morpholine rings is 1. The number of carbonyl (C=O) groups is 1. The third-order valence-electron chi connectivity index (χ3n) is 3.13. The predicted octanol–water partition coefficient (Wildman–Crippen LogP) is 1.17. The summed E-state index contributed by atoms with van der Waals surface area (Å²) in [5, 5.41) is 3.32. The Hall–Kier alpha value is -1.40. The van der Waals surface area contributed by atoms with E-state index < -0.39 is 6.04 Å². The highest BCUT2D eigenvalue weighted by atomic mass is 35.5. The molecule has 2 rings (SSSR count). The van der Waals surface area contributed by atoms with Crippen molar-refractivity contribution in [3.05, 3.63) is 17.0 Å². The number of nitrogens with zero attached hydrogens (tertiary/aromatic N) is 3. The first-order valence-corrected chi connectivity index (χ1v) is 7.00. The summed E-state index contributed by atoms with van der Waals surface area (Å²) >= 11 is 6.04. The van der Waals surface area contributed by atoms with Crippen molar-refractivity contribution in [2.75, 3.05) is 24.7 Å². The van der Waals surface area contributed by atoms with Gasteiger partial charge in [-0.15, -0.1) is 0 Å². The number of amides is 1. The molecule has 1 aliphatic rings. The van der Waals surface area contributed by atoms with Gasteiger partial charge in [0.2, 0.25) is 5.91 Å². The van der Waals surface area contributed by atoms with Gasteiger partial charge in [0.1, 0.15) is 23.3 Å². The van der Waals surface area contributed by atoms with Crippen molar-refractivity contribution >= 4 is 23.3 Å². The van der Waals surface area contributed by atoms with E-state index in [2.05, 4.69) is 15.3 Å². The fraction of sp³-hybridized carbons (Fsp3) is 0.615. The largest absolute Gasteiger partial charge is 0.377 e. The topological polar surface area (TPSA) is 67.3 Å². The van der Waals surface area contributed by atoms with Crippen molar-refractivity contribution in [2.24, 2.45) is 0 Å². The number of rotatable bonds is 3. The second-order valence-corrected chi connectivity index (χ2v) is 5.42. The first-order valence-electron chi connectivity index (χ1n) is 6.62. The van der Waals surface area contributed by atoms with Gasteiger partial charge >= 0.3 is 0 Å². The van der Waals surface area contributed by atoms with E-state index in [9.17, 15) is 4.79 Å². The van der Waals surface area contributed by atoms with Crippen LogP contribution >= 0.6 is 11.6 Å². The molecule has 1 aliphatic heterocycles. The van der Waals surface area contributed by atoms with E-state index in [0.717, 1.165) is 5.56 Å². The molecule has 1 saturated heterocycles. The fourth-order valence-electron chi connectivity index (χ4n) is 2.16. The molecule has 2 heterocycles. The Bertz CT molecular complexity index is 495. The molecule has 1 atom stereocenters. The SMILES string of the molecule is Cc1c(Cl)ncnc1N1CCOCC1C(=O)NC(C)C. The minimum absolute atomic E-state index is 0.0613. The molecule has 0 aliphatic carbocycles. The van der Waals surface area contributed by atoms with Gasteiger partial charge in [0.25, 0.3) is 0 Å². The number of halogens is 1. The second-order valence-electron chi connectivity index (χ2n) is 5.06. The standard InChI is InChI=1S/C13H19ClN4O2/c1-8(2)17-13(19)10-6-20-5-4-18(10)12-9(3)11(14)15-7-16-12/h7-8,10H,4-6H2,1-3H3,(H,17,19). The van der Waals surface area contributed by atoms with Crippen LogP contribution in [0.1, 0.15) is 19.4 Å². The first kappa shape index (κ1) is 15.0. The summed E-state index contributed by atoms with van der Waals surface area (Å²) in [6.45, 7) is 7.22. The van der Waals surface area contributed by atoms with Gasteiger partial charge in [0.05, 0.1) is 13.2 Å². The Balaban J connectivity index is 2.27. The van der Waals surface area contributed by atoms with Gasteiger partial charge in [-0.25, -0.2) is 9.97 Å². The zero-order valence-electron chi connectivity index (χ0n) is 11.9. The van der Waals surface area contributed by atoms with Crippen LogP contribution in [-0.2, 0) is 9.53 Å². The van der Waals surface area contributed by atoms with E-state index in [0.29, 0.717) is 30.7 Å². The van der Waals surface area contributed by atoms with Crippen molar-refractivity contribution < 1.29 is 9.53 Å². The van der Waals surface area contributed by atoms with Crippen LogP contribution in [-0.4, -0.2) is 47.7 Å². The lowest BCUT2D eigenvalue weighted by atomic mass is 10.1. The smallest absolute Gasteiger partial charge is 0.245 e. The van der Waals surface area contributed by atoms with Crippen LogP contribution in [0.15, 0.2) is 6.33 Å². The maximum Gasteiger partial charge on any atom is 0.245 e. The number of hydrogen-bond acceptors (Lipinski definition) is 5. The Morgan fingerprint density at radius 2 is 2.30 bits per heavy atom. The van der Waals surface area contributed by atoms with E-state index in [1.807, 2.05) is 25.7 Å². The van der Waals surface area contributed by atoms with Crippen LogP contribution in [0.3, 0.4) is 0 Å². The molecule has 0 saturated carbocycles. The van der Waals surface area contributed by atoms with E-state index in [4.69, 9.17) is 16.3 Å². The molecular formula is C13H19ClN4O2. The monoisotopic (exact) mass is 298 g/mol. The van der Waals surface area contributed by atoms with Crippen molar-refractivity contribution in [1.82, 2.24) is 15.3 Å². The number of ether oxygens (including phenoxy) is 1. The molecule has 1 aromatic heterocycles. The summed E-state index contributed by atoms with van der Waals surface area (Å²) in [5.41, 5.74) is 0.776. The summed E-state index contributed by atoms with van der Waals surface area (Å²) < 4.78 is 5.43. The molecule has 1 N–H and O–H groups in total. The Morgan fingerprint density at radius 1 is 1.55 bits per heavy atom. The van der Waals surface area contributed by atoms with Crippen LogP contribution in [0, 0.1) is 6.92 Å². The van der Waals surface area contributed by atoms with Crippen molar-refractivity contribution in [1.29, 1.82) is 0 Å². The summed E-state index contributed by atoms with van der Waals surface area (Å²) in [4.78, 5) is 22.4. The van der Waals surface area contributed by atoms with Gasteiger partial charge < -0.3 is 15.0 Å². The number of nitrogens with one attached hydrogen (secondary N) is 1. The molecule has 20 heavy (non-hydrogen) atoms. The molecule has 0 spiro atoms. The zero-order valence-corrected chi connectivity index (χ0v) is 12.6. The number of carbonyl (C=O) groups excluding carboxylic acids is 1. The molecule has 110 valence electrons. The molecule has 1 fully saturated rings. The predicted molar refractivity (Wildman–Crippen MR) is 77.0 cm³/mol. The highest BCUT2D eigenvalue weighted by molar-refractivity contribution is 6.30. The molecule has 7 heteroatoms. The molecule has 1 aromatic rings. The molecule has 0 bridgehead atoms. The van der Waals surface area contributed by atoms with E-state index >= 15 is 0 Å². The lowest BCUT2D eigenvalue weighted by Crippen LogP contribution is -2.55. The number of anilines is 1. The summed E-state index contributed by atoms with van der Waals surface area (Å²) in [5.74, 6) is 0.631. The fourth-order valence-corrected chi connectivity index (χ4v) is 2.29. The molecular weight excluding hydrogens is 280 g/mol. The summed E-state index contributed by atoms with van der Waals surface area (Å²) in [6, 6.07) is -0.308. The summed E-state index contributed by atoms with van der Waals surface area (Å²) in [7, 11) is 0.